The maximum Gasteiger partial charge on any atom is 0.323 e. The average molecular weight is 446 g/mol. The van der Waals surface area contributed by atoms with Gasteiger partial charge in [-0.2, -0.15) is 5.10 Å². The van der Waals surface area contributed by atoms with Gasteiger partial charge in [0.2, 0.25) is 5.75 Å². The fourth-order valence-electron chi connectivity index (χ4n) is 2.53. The van der Waals surface area contributed by atoms with Gasteiger partial charge in [0, 0.05) is 13.0 Å². The number of nitrogens with one attached hydrogen (secondary N) is 1. The van der Waals surface area contributed by atoms with Crippen molar-refractivity contribution >= 4 is 29.5 Å². The molecule has 0 unspecified atom stereocenters. The highest BCUT2D eigenvalue weighted by Crippen LogP contribution is 2.39. The van der Waals surface area contributed by atoms with Crippen LogP contribution in [0.2, 0.25) is 0 Å². The van der Waals surface area contributed by atoms with E-state index in [-0.39, 0.29) is 28.5 Å². The Morgan fingerprint density at radius 1 is 1.12 bits per heavy atom. The molecule has 0 heterocycles. The van der Waals surface area contributed by atoms with E-state index < -0.39 is 34.0 Å². The number of ether oxygens (including phenoxy) is 3. The Labute approximate surface area is 180 Å². The van der Waals surface area contributed by atoms with Gasteiger partial charge in [0.05, 0.1) is 28.7 Å². The number of carbonyl (C=O) groups is 2. The van der Waals surface area contributed by atoms with Crippen LogP contribution in [-0.2, 0) is 9.59 Å². The van der Waals surface area contributed by atoms with Crippen LogP contribution in [0.25, 0.3) is 0 Å². The second kappa shape index (κ2) is 10.5. The van der Waals surface area contributed by atoms with Gasteiger partial charge in [-0.05, 0) is 30.7 Å². The zero-order chi connectivity index (χ0) is 23.8. The summed E-state index contributed by atoms with van der Waals surface area (Å²) in [6, 6.07) is 6.78. The number of hydrazone groups is 1. The van der Waals surface area contributed by atoms with Crippen molar-refractivity contribution in [3.05, 3.63) is 61.7 Å². The van der Waals surface area contributed by atoms with Crippen molar-refractivity contribution in [2.45, 2.75) is 13.8 Å². The number of hydrogen-bond acceptors (Lipinski definition) is 10. The lowest BCUT2D eigenvalue weighted by molar-refractivity contribution is -0.386. The van der Waals surface area contributed by atoms with E-state index in [2.05, 4.69) is 10.5 Å². The van der Waals surface area contributed by atoms with Crippen LogP contribution >= 0.6 is 0 Å². The third-order valence-electron chi connectivity index (χ3n) is 3.83. The molecule has 0 aliphatic heterocycles. The van der Waals surface area contributed by atoms with E-state index >= 15 is 0 Å². The predicted molar refractivity (Wildman–Crippen MR) is 110 cm³/mol. The molecule has 0 aromatic heterocycles. The van der Waals surface area contributed by atoms with Crippen molar-refractivity contribution in [3.63, 3.8) is 0 Å². The van der Waals surface area contributed by atoms with Crippen LogP contribution in [0.4, 0.5) is 11.4 Å². The van der Waals surface area contributed by atoms with E-state index in [9.17, 15) is 29.8 Å². The minimum absolute atomic E-state index is 0.0434. The van der Waals surface area contributed by atoms with Crippen LogP contribution in [0.3, 0.4) is 0 Å². The van der Waals surface area contributed by atoms with Gasteiger partial charge in [-0.25, -0.2) is 5.43 Å². The lowest BCUT2D eigenvalue weighted by Gasteiger charge is -2.09. The van der Waals surface area contributed by atoms with Gasteiger partial charge in [-0.1, -0.05) is 6.07 Å². The molecular weight excluding hydrogens is 428 g/mol. The van der Waals surface area contributed by atoms with Crippen molar-refractivity contribution in [1.29, 1.82) is 0 Å². The number of amides is 1. The topological polar surface area (TPSA) is 172 Å². The maximum atomic E-state index is 11.9. The van der Waals surface area contributed by atoms with Crippen LogP contribution in [0.1, 0.15) is 18.1 Å². The van der Waals surface area contributed by atoms with Crippen LogP contribution in [-0.4, -0.2) is 41.7 Å². The van der Waals surface area contributed by atoms with Gasteiger partial charge in [0.25, 0.3) is 5.91 Å². The molecular formula is C19H18N4O9. The summed E-state index contributed by atoms with van der Waals surface area (Å²) in [7, 11) is 1.17. The highest BCUT2D eigenvalue weighted by Gasteiger charge is 2.25. The molecule has 2 aromatic rings. The monoisotopic (exact) mass is 446 g/mol. The molecule has 2 aromatic carbocycles. The molecule has 0 spiro atoms. The highest BCUT2D eigenvalue weighted by molar-refractivity contribution is 5.90. The summed E-state index contributed by atoms with van der Waals surface area (Å²) >= 11 is 0. The average Bonchev–Trinajstić information content (AvgIpc) is 2.72. The molecule has 2 rings (SSSR count). The molecule has 0 bridgehead atoms. The van der Waals surface area contributed by atoms with E-state index in [1.54, 1.807) is 13.0 Å². The molecule has 1 amide bonds. The molecule has 0 radical (unpaired) electrons. The first-order valence-corrected chi connectivity index (χ1v) is 8.87. The van der Waals surface area contributed by atoms with Crippen LogP contribution in [0, 0.1) is 27.2 Å². The third-order valence-corrected chi connectivity index (χ3v) is 3.83. The summed E-state index contributed by atoms with van der Waals surface area (Å²) in [6.07, 6.45) is 0.991. The Morgan fingerprint density at radius 3 is 2.41 bits per heavy atom. The fourth-order valence-corrected chi connectivity index (χ4v) is 2.53. The Kier molecular flexibility index (Phi) is 7.76. The maximum absolute atomic E-state index is 11.9. The molecule has 0 fully saturated rings. The van der Waals surface area contributed by atoms with Crippen molar-refractivity contribution in [3.8, 4) is 17.2 Å². The number of nitro groups is 2. The summed E-state index contributed by atoms with van der Waals surface area (Å²) in [4.78, 5) is 44.3. The van der Waals surface area contributed by atoms with Gasteiger partial charge in [-0.15, -0.1) is 0 Å². The van der Waals surface area contributed by atoms with Crippen molar-refractivity contribution in [2.75, 3.05) is 13.7 Å². The molecule has 0 saturated heterocycles. The molecule has 0 atom stereocenters. The van der Waals surface area contributed by atoms with Crippen LogP contribution < -0.4 is 19.6 Å². The largest absolute Gasteiger partial charge is 0.488 e. The zero-order valence-corrected chi connectivity index (χ0v) is 17.2. The summed E-state index contributed by atoms with van der Waals surface area (Å²) in [5.41, 5.74) is 1.88. The molecule has 13 nitrogen and oxygen atoms in total. The van der Waals surface area contributed by atoms with Gasteiger partial charge in [0.1, 0.15) is 0 Å². The minimum atomic E-state index is -0.762. The van der Waals surface area contributed by atoms with E-state index in [1.165, 1.54) is 31.4 Å². The number of methoxy groups -OCH3 is 1. The number of rotatable bonds is 9. The minimum Gasteiger partial charge on any atom is -0.488 e. The van der Waals surface area contributed by atoms with Crippen molar-refractivity contribution in [2.24, 2.45) is 5.10 Å². The number of hydrogen-bond donors (Lipinski definition) is 1. The Morgan fingerprint density at radius 2 is 1.81 bits per heavy atom. The molecule has 168 valence electrons. The Balaban J connectivity index is 2.12. The van der Waals surface area contributed by atoms with Crippen LogP contribution in [0.15, 0.2) is 35.4 Å². The quantitative estimate of drug-likeness (QED) is 0.199. The van der Waals surface area contributed by atoms with E-state index in [1.807, 2.05) is 0 Å². The summed E-state index contributed by atoms with van der Waals surface area (Å²) in [5.74, 6) is -2.00. The Bertz CT molecular complexity index is 1100. The second-order valence-electron chi connectivity index (χ2n) is 6.20. The highest BCUT2D eigenvalue weighted by atomic mass is 16.6. The standard InChI is InChI=1S/C19H18N4O9/c1-11-4-6-15(14(8-11)22(26)27)31-10-17(25)21-20-9-13-5-7-16(32-12(2)24)19(30-3)18(13)23(28)29/h4-9H,10H2,1-3H3,(H,21,25)/b20-9-. The first kappa shape index (κ1) is 23.7. The summed E-state index contributed by atoms with van der Waals surface area (Å²) in [5, 5.41) is 26.2. The first-order valence-electron chi connectivity index (χ1n) is 8.87. The zero-order valence-electron chi connectivity index (χ0n) is 17.2. The molecule has 1 N–H and O–H groups in total. The summed E-state index contributed by atoms with van der Waals surface area (Å²) in [6.45, 7) is 2.21. The number of aryl methyl sites for hydroxylation is 1. The van der Waals surface area contributed by atoms with E-state index in [0.717, 1.165) is 13.1 Å². The third kappa shape index (κ3) is 5.98. The number of esters is 1. The lowest BCUT2D eigenvalue weighted by Crippen LogP contribution is -2.24. The van der Waals surface area contributed by atoms with Crippen molar-refractivity contribution < 1.29 is 33.6 Å². The van der Waals surface area contributed by atoms with E-state index in [4.69, 9.17) is 14.2 Å². The second-order valence-corrected chi connectivity index (χ2v) is 6.20. The lowest BCUT2D eigenvalue weighted by atomic mass is 10.1. The molecule has 0 aliphatic carbocycles. The number of nitrogens with zero attached hydrogens (tertiary/aromatic N) is 3. The summed E-state index contributed by atoms with van der Waals surface area (Å²) < 4.78 is 15.0. The fraction of sp³-hybridized carbons (Fsp3) is 0.211. The van der Waals surface area contributed by atoms with Gasteiger partial charge in [-0.3, -0.25) is 29.8 Å². The molecule has 32 heavy (non-hydrogen) atoms. The number of carbonyl (C=O) groups excluding carboxylic acids is 2. The number of nitro benzene ring substituents is 2. The SMILES string of the molecule is COc1c(OC(C)=O)ccc(/C=N\NC(=O)COc2ccc(C)cc2[N+](=O)[O-])c1[N+](=O)[O-]. The first-order chi connectivity index (χ1) is 15.1. The van der Waals surface area contributed by atoms with Crippen LogP contribution in [0.5, 0.6) is 17.2 Å². The Hall–Kier alpha value is -4.55. The van der Waals surface area contributed by atoms with Gasteiger partial charge >= 0.3 is 17.3 Å². The van der Waals surface area contributed by atoms with Crippen molar-refractivity contribution in [1.82, 2.24) is 5.43 Å². The van der Waals surface area contributed by atoms with Gasteiger partial charge in [0.15, 0.2) is 18.1 Å². The van der Waals surface area contributed by atoms with E-state index in [0.29, 0.717) is 5.56 Å². The normalized spacial score (nSPS) is 10.5. The molecule has 0 aliphatic rings. The number of benzene rings is 2. The molecule has 0 saturated carbocycles. The smallest absolute Gasteiger partial charge is 0.323 e. The van der Waals surface area contributed by atoms with Gasteiger partial charge < -0.3 is 14.2 Å². The molecule has 13 heteroatoms. The predicted octanol–water partition coefficient (Wildman–Crippen LogP) is 2.27.